The molecular formula is C11H18N2O3. The molecule has 16 heavy (non-hydrogen) atoms. The van der Waals surface area contributed by atoms with Crippen molar-refractivity contribution < 1.29 is 14.2 Å². The molecule has 0 atom stereocenters. The molecule has 0 aromatic carbocycles. The summed E-state index contributed by atoms with van der Waals surface area (Å²) in [5.41, 5.74) is 0.748. The highest BCUT2D eigenvalue weighted by atomic mass is 16.5. The first-order valence-corrected chi connectivity index (χ1v) is 5.11. The van der Waals surface area contributed by atoms with E-state index in [0.717, 1.165) is 12.2 Å². The average molecular weight is 226 g/mol. The van der Waals surface area contributed by atoms with Gasteiger partial charge in [0, 0.05) is 18.8 Å². The second-order valence-corrected chi connectivity index (χ2v) is 3.15. The molecule has 5 heteroatoms. The Morgan fingerprint density at radius 1 is 1.31 bits per heavy atom. The summed E-state index contributed by atoms with van der Waals surface area (Å²) in [6, 6.07) is 1.76. The standard InChI is InChI=1S/C11H18N2O3/c1-12-6-7-16-8-9-11(15-3)10(14-2)4-5-13-9/h4-5,12H,6-8H2,1-3H3. The van der Waals surface area contributed by atoms with Gasteiger partial charge in [0.15, 0.2) is 11.5 Å². The number of nitrogens with one attached hydrogen (secondary N) is 1. The fourth-order valence-electron chi connectivity index (χ4n) is 1.30. The molecule has 90 valence electrons. The van der Waals surface area contributed by atoms with Crippen molar-refractivity contribution in [3.63, 3.8) is 0 Å². The maximum Gasteiger partial charge on any atom is 0.184 e. The lowest BCUT2D eigenvalue weighted by molar-refractivity contribution is 0.119. The van der Waals surface area contributed by atoms with E-state index in [2.05, 4.69) is 10.3 Å². The minimum atomic E-state index is 0.419. The minimum absolute atomic E-state index is 0.419. The van der Waals surface area contributed by atoms with Gasteiger partial charge in [-0.3, -0.25) is 4.98 Å². The topological polar surface area (TPSA) is 52.6 Å². The molecule has 0 saturated carbocycles. The first-order chi connectivity index (χ1) is 7.83. The summed E-state index contributed by atoms with van der Waals surface area (Å²) in [7, 11) is 5.08. The number of aromatic nitrogens is 1. The van der Waals surface area contributed by atoms with E-state index in [1.165, 1.54) is 0 Å². The number of ether oxygens (including phenoxy) is 3. The average Bonchev–Trinajstić information content (AvgIpc) is 2.34. The Hall–Kier alpha value is -1.33. The van der Waals surface area contributed by atoms with Crippen LogP contribution in [0.15, 0.2) is 12.3 Å². The predicted molar refractivity (Wildman–Crippen MR) is 60.9 cm³/mol. The zero-order chi connectivity index (χ0) is 11.8. The zero-order valence-corrected chi connectivity index (χ0v) is 9.95. The van der Waals surface area contributed by atoms with Gasteiger partial charge in [-0.2, -0.15) is 0 Å². The van der Waals surface area contributed by atoms with Gasteiger partial charge in [0.2, 0.25) is 0 Å². The Kier molecular flexibility index (Phi) is 5.60. The summed E-state index contributed by atoms with van der Waals surface area (Å²) < 4.78 is 15.9. The van der Waals surface area contributed by atoms with Crippen molar-refractivity contribution in [3.8, 4) is 11.5 Å². The molecule has 0 radical (unpaired) electrons. The van der Waals surface area contributed by atoms with Gasteiger partial charge in [0.25, 0.3) is 0 Å². The van der Waals surface area contributed by atoms with E-state index in [1.807, 2.05) is 7.05 Å². The Labute approximate surface area is 95.7 Å². The lowest BCUT2D eigenvalue weighted by atomic mass is 10.3. The molecule has 0 aliphatic rings. The fourth-order valence-corrected chi connectivity index (χ4v) is 1.30. The second-order valence-electron chi connectivity index (χ2n) is 3.15. The van der Waals surface area contributed by atoms with E-state index in [0.29, 0.717) is 24.7 Å². The number of rotatable bonds is 7. The van der Waals surface area contributed by atoms with Crippen molar-refractivity contribution in [3.05, 3.63) is 18.0 Å². The van der Waals surface area contributed by atoms with Crippen molar-refractivity contribution >= 4 is 0 Å². The van der Waals surface area contributed by atoms with Crippen LogP contribution in [0.2, 0.25) is 0 Å². The maximum absolute atomic E-state index is 5.44. The normalized spacial score (nSPS) is 10.2. The number of pyridine rings is 1. The van der Waals surface area contributed by atoms with Crippen molar-refractivity contribution in [2.24, 2.45) is 0 Å². The number of nitrogens with zero attached hydrogens (tertiary/aromatic N) is 1. The van der Waals surface area contributed by atoms with E-state index in [1.54, 1.807) is 26.5 Å². The summed E-state index contributed by atoms with van der Waals surface area (Å²) in [5, 5.41) is 3.00. The SMILES string of the molecule is CNCCOCc1nccc(OC)c1OC. The van der Waals surface area contributed by atoms with Gasteiger partial charge in [0.1, 0.15) is 5.69 Å². The van der Waals surface area contributed by atoms with Crippen LogP contribution < -0.4 is 14.8 Å². The van der Waals surface area contributed by atoms with Crippen LogP contribution in [-0.2, 0) is 11.3 Å². The Bertz CT molecular complexity index is 318. The van der Waals surface area contributed by atoms with Crippen LogP contribution in [0.5, 0.6) is 11.5 Å². The van der Waals surface area contributed by atoms with E-state index < -0.39 is 0 Å². The van der Waals surface area contributed by atoms with E-state index in [9.17, 15) is 0 Å². The largest absolute Gasteiger partial charge is 0.493 e. The lowest BCUT2D eigenvalue weighted by Crippen LogP contribution is -2.14. The van der Waals surface area contributed by atoms with E-state index >= 15 is 0 Å². The molecule has 5 nitrogen and oxygen atoms in total. The Morgan fingerprint density at radius 2 is 2.12 bits per heavy atom. The predicted octanol–water partition coefficient (Wildman–Crippen LogP) is 0.835. The summed E-state index contributed by atoms with van der Waals surface area (Å²) in [6.07, 6.45) is 1.68. The molecule has 0 saturated heterocycles. The second kappa shape index (κ2) is 7.03. The van der Waals surface area contributed by atoms with Crippen molar-refractivity contribution in [1.82, 2.24) is 10.3 Å². The lowest BCUT2D eigenvalue weighted by Gasteiger charge is -2.11. The van der Waals surface area contributed by atoms with Crippen molar-refractivity contribution in [1.29, 1.82) is 0 Å². The van der Waals surface area contributed by atoms with Gasteiger partial charge in [-0.25, -0.2) is 0 Å². The summed E-state index contributed by atoms with van der Waals surface area (Å²) in [4.78, 5) is 4.21. The number of likely N-dealkylation sites (N-methyl/N-ethyl adjacent to an activating group) is 1. The molecule has 0 fully saturated rings. The number of hydrogen-bond donors (Lipinski definition) is 1. The molecule has 0 aliphatic heterocycles. The molecule has 0 unspecified atom stereocenters. The van der Waals surface area contributed by atoms with Crippen LogP contribution in [0.3, 0.4) is 0 Å². The smallest absolute Gasteiger partial charge is 0.184 e. The molecule has 0 amide bonds. The highest BCUT2D eigenvalue weighted by molar-refractivity contribution is 5.42. The van der Waals surface area contributed by atoms with Crippen molar-refractivity contribution in [2.45, 2.75) is 6.61 Å². The van der Waals surface area contributed by atoms with E-state index in [-0.39, 0.29) is 0 Å². The molecule has 0 aliphatic carbocycles. The third-order valence-electron chi connectivity index (χ3n) is 2.10. The van der Waals surface area contributed by atoms with Gasteiger partial charge >= 0.3 is 0 Å². The molecule has 0 spiro atoms. The highest BCUT2D eigenvalue weighted by Crippen LogP contribution is 2.29. The van der Waals surface area contributed by atoms with E-state index in [4.69, 9.17) is 14.2 Å². The number of hydrogen-bond acceptors (Lipinski definition) is 5. The van der Waals surface area contributed by atoms with Crippen LogP contribution >= 0.6 is 0 Å². The maximum atomic E-state index is 5.44. The monoisotopic (exact) mass is 226 g/mol. The first-order valence-electron chi connectivity index (χ1n) is 5.11. The Morgan fingerprint density at radius 3 is 2.75 bits per heavy atom. The molecule has 0 bridgehead atoms. The van der Waals surface area contributed by atoms with Crippen LogP contribution in [0.1, 0.15) is 5.69 Å². The van der Waals surface area contributed by atoms with Gasteiger partial charge in [-0.15, -0.1) is 0 Å². The summed E-state index contributed by atoms with van der Waals surface area (Å²) in [6.45, 7) is 1.87. The third-order valence-corrected chi connectivity index (χ3v) is 2.10. The van der Waals surface area contributed by atoms with Crippen LogP contribution in [0, 0.1) is 0 Å². The molecule has 1 aromatic rings. The van der Waals surface area contributed by atoms with Crippen LogP contribution in [0.4, 0.5) is 0 Å². The molecule has 1 heterocycles. The molecule has 1 aromatic heterocycles. The van der Waals surface area contributed by atoms with Gasteiger partial charge in [-0.1, -0.05) is 0 Å². The third kappa shape index (κ3) is 3.36. The van der Waals surface area contributed by atoms with Gasteiger partial charge < -0.3 is 19.5 Å². The van der Waals surface area contributed by atoms with Gasteiger partial charge in [-0.05, 0) is 7.05 Å². The fraction of sp³-hybridized carbons (Fsp3) is 0.545. The van der Waals surface area contributed by atoms with Crippen molar-refractivity contribution in [2.75, 3.05) is 34.4 Å². The first kappa shape index (κ1) is 12.7. The quantitative estimate of drug-likeness (QED) is 0.698. The molecule has 1 N–H and O–H groups in total. The number of methoxy groups -OCH3 is 2. The molecule has 1 rings (SSSR count). The van der Waals surface area contributed by atoms with Gasteiger partial charge in [0.05, 0.1) is 27.4 Å². The Balaban J connectivity index is 2.63. The summed E-state index contributed by atoms with van der Waals surface area (Å²) >= 11 is 0. The van der Waals surface area contributed by atoms with Crippen LogP contribution in [-0.4, -0.2) is 39.4 Å². The molecular weight excluding hydrogens is 208 g/mol. The summed E-state index contributed by atoms with van der Waals surface area (Å²) in [5.74, 6) is 1.30. The van der Waals surface area contributed by atoms with Crippen LogP contribution in [0.25, 0.3) is 0 Å². The highest BCUT2D eigenvalue weighted by Gasteiger charge is 2.10. The zero-order valence-electron chi connectivity index (χ0n) is 9.95. The minimum Gasteiger partial charge on any atom is -0.493 e.